The van der Waals surface area contributed by atoms with Crippen LogP contribution in [-0.2, 0) is 7.05 Å². The van der Waals surface area contributed by atoms with Crippen molar-refractivity contribution in [3.8, 4) is 22.8 Å². The molecule has 1 amide bonds. The third kappa shape index (κ3) is 3.16. The summed E-state index contributed by atoms with van der Waals surface area (Å²) in [4.78, 5) is 12.8. The van der Waals surface area contributed by atoms with Crippen molar-refractivity contribution in [3.63, 3.8) is 0 Å². The van der Waals surface area contributed by atoms with Gasteiger partial charge in [-0.3, -0.25) is 14.8 Å². The highest BCUT2D eigenvalue weighted by molar-refractivity contribution is 6.33. The highest BCUT2D eigenvalue weighted by atomic mass is 35.5. The number of hydrogen-bond donors (Lipinski definition) is 1. The van der Waals surface area contributed by atoms with E-state index in [0.29, 0.717) is 27.7 Å². The smallest absolute Gasteiger partial charge is 0.322 e. The summed E-state index contributed by atoms with van der Waals surface area (Å²) < 4.78 is 12.4. The highest BCUT2D eigenvalue weighted by Crippen LogP contribution is 2.31. The van der Waals surface area contributed by atoms with Crippen molar-refractivity contribution in [1.29, 1.82) is 0 Å². The van der Waals surface area contributed by atoms with E-state index in [-0.39, 0.29) is 17.5 Å². The van der Waals surface area contributed by atoms with Gasteiger partial charge in [0.15, 0.2) is 0 Å². The van der Waals surface area contributed by atoms with Crippen molar-refractivity contribution in [2.45, 2.75) is 13.8 Å². The average molecular weight is 399 g/mol. The Bertz CT molecular complexity index is 1180. The quantitative estimate of drug-likeness (QED) is 0.558. The summed E-state index contributed by atoms with van der Waals surface area (Å²) >= 11 is 6.23. The minimum absolute atomic E-state index is 0.0513. The maximum absolute atomic E-state index is 12.8. The second kappa shape index (κ2) is 6.93. The van der Waals surface area contributed by atoms with Gasteiger partial charge in [-0.1, -0.05) is 40.1 Å². The number of carbonyl (C=O) groups excluding carboxylic acids is 1. The van der Waals surface area contributed by atoms with Gasteiger partial charge in [0.2, 0.25) is 0 Å². The minimum atomic E-state index is -0.495. The highest BCUT2D eigenvalue weighted by Gasteiger charge is 2.24. The zero-order valence-corrected chi connectivity index (χ0v) is 16.0. The molecule has 0 saturated heterocycles. The molecule has 4 aromatic rings. The topological polar surface area (TPSA) is 112 Å². The van der Waals surface area contributed by atoms with Gasteiger partial charge < -0.3 is 8.94 Å². The maximum Gasteiger partial charge on any atom is 0.322 e. The summed E-state index contributed by atoms with van der Waals surface area (Å²) in [7, 11) is 1.77. The Morgan fingerprint density at radius 3 is 2.71 bits per heavy atom. The van der Waals surface area contributed by atoms with Crippen molar-refractivity contribution in [1.82, 2.24) is 25.1 Å². The fourth-order valence-corrected chi connectivity index (χ4v) is 3.05. The molecule has 0 atom stereocenters. The third-order valence-corrected chi connectivity index (χ3v) is 4.41. The molecule has 1 aromatic carbocycles. The lowest BCUT2D eigenvalue weighted by molar-refractivity contribution is 0.102. The van der Waals surface area contributed by atoms with Crippen molar-refractivity contribution >= 4 is 23.5 Å². The molecule has 4 rings (SSSR count). The minimum Gasteiger partial charge on any atom is -0.401 e. The molecule has 0 aliphatic carbocycles. The van der Waals surface area contributed by atoms with Crippen LogP contribution in [0.2, 0.25) is 5.02 Å². The number of rotatable bonds is 4. The molecule has 3 aromatic heterocycles. The Morgan fingerprint density at radius 2 is 2.00 bits per heavy atom. The molecular weight excluding hydrogens is 384 g/mol. The van der Waals surface area contributed by atoms with Crippen LogP contribution < -0.4 is 5.32 Å². The largest absolute Gasteiger partial charge is 0.401 e. The summed E-state index contributed by atoms with van der Waals surface area (Å²) in [5.41, 5.74) is 2.61. The molecule has 0 radical (unpaired) electrons. The van der Waals surface area contributed by atoms with E-state index in [1.54, 1.807) is 49.0 Å². The maximum atomic E-state index is 12.8. The summed E-state index contributed by atoms with van der Waals surface area (Å²) in [5, 5.41) is 19.1. The summed E-state index contributed by atoms with van der Waals surface area (Å²) in [6, 6.07) is 8.81. The van der Waals surface area contributed by atoms with Crippen LogP contribution in [0.5, 0.6) is 0 Å². The Morgan fingerprint density at radius 1 is 1.21 bits per heavy atom. The molecule has 0 bridgehead atoms. The number of aromatic nitrogens is 5. The van der Waals surface area contributed by atoms with Crippen LogP contribution in [0.3, 0.4) is 0 Å². The normalized spacial score (nSPS) is 11.0. The standard InChI is InChI=1S/C18H15ClN6O3/c1-9-8-13(25(3)23-9)17-21-22-18(27-17)20-16(26)14-10(2)28-24-15(14)11-6-4-5-7-12(11)19/h4-8H,1-3H3,(H,20,22,26). The van der Waals surface area contributed by atoms with Crippen molar-refractivity contribution in [2.24, 2.45) is 7.05 Å². The number of anilines is 1. The van der Waals surface area contributed by atoms with Gasteiger partial charge in [0, 0.05) is 12.6 Å². The molecule has 1 N–H and O–H groups in total. The van der Waals surface area contributed by atoms with Gasteiger partial charge in [0.1, 0.15) is 22.7 Å². The SMILES string of the molecule is Cc1cc(-c2nnc(NC(=O)c3c(-c4ccccc4Cl)noc3C)o2)n(C)n1. The van der Waals surface area contributed by atoms with Crippen LogP contribution in [0.15, 0.2) is 39.3 Å². The fourth-order valence-electron chi connectivity index (χ4n) is 2.82. The van der Waals surface area contributed by atoms with Crippen LogP contribution in [0.4, 0.5) is 6.01 Å². The molecule has 0 aliphatic heterocycles. The molecule has 28 heavy (non-hydrogen) atoms. The molecule has 0 aliphatic rings. The number of aryl methyl sites for hydroxylation is 3. The third-order valence-electron chi connectivity index (χ3n) is 4.09. The van der Waals surface area contributed by atoms with Crippen LogP contribution in [0, 0.1) is 13.8 Å². The van der Waals surface area contributed by atoms with E-state index in [1.165, 1.54) is 0 Å². The van der Waals surface area contributed by atoms with Gasteiger partial charge in [-0.15, -0.1) is 5.10 Å². The lowest BCUT2D eigenvalue weighted by Gasteiger charge is -2.03. The fraction of sp³-hybridized carbons (Fsp3) is 0.167. The van der Waals surface area contributed by atoms with Gasteiger partial charge >= 0.3 is 6.01 Å². The first-order valence-corrected chi connectivity index (χ1v) is 8.69. The predicted molar refractivity (Wildman–Crippen MR) is 101 cm³/mol. The first kappa shape index (κ1) is 17.9. The molecule has 0 unspecified atom stereocenters. The van der Waals surface area contributed by atoms with Gasteiger partial charge in [0.05, 0.1) is 10.7 Å². The van der Waals surface area contributed by atoms with E-state index in [1.807, 2.05) is 6.92 Å². The molecule has 0 fully saturated rings. The first-order valence-electron chi connectivity index (χ1n) is 8.31. The van der Waals surface area contributed by atoms with E-state index in [9.17, 15) is 4.79 Å². The number of halogens is 1. The Kier molecular flexibility index (Phi) is 4.44. The number of nitrogens with zero attached hydrogens (tertiary/aromatic N) is 5. The van der Waals surface area contributed by atoms with E-state index in [2.05, 4.69) is 25.8 Å². The van der Waals surface area contributed by atoms with Crippen LogP contribution in [0.1, 0.15) is 21.8 Å². The molecule has 142 valence electrons. The summed E-state index contributed by atoms with van der Waals surface area (Å²) in [6.07, 6.45) is 0. The lowest BCUT2D eigenvalue weighted by atomic mass is 10.1. The number of amides is 1. The molecule has 0 saturated carbocycles. The van der Waals surface area contributed by atoms with Crippen LogP contribution in [0.25, 0.3) is 22.8 Å². The van der Waals surface area contributed by atoms with Gasteiger partial charge in [0.25, 0.3) is 11.8 Å². The molecular formula is C18H15ClN6O3. The van der Waals surface area contributed by atoms with E-state index >= 15 is 0 Å². The summed E-state index contributed by atoms with van der Waals surface area (Å²) in [5.74, 6) is 0.0891. The molecule has 0 spiro atoms. The van der Waals surface area contributed by atoms with Gasteiger partial charge in [-0.2, -0.15) is 5.10 Å². The first-order chi connectivity index (χ1) is 13.4. The molecule has 9 nitrogen and oxygen atoms in total. The predicted octanol–water partition coefficient (Wildman–Crippen LogP) is 3.65. The monoisotopic (exact) mass is 398 g/mol. The van der Waals surface area contributed by atoms with Crippen molar-refractivity contribution < 1.29 is 13.7 Å². The second-order valence-corrected chi connectivity index (χ2v) is 6.51. The zero-order chi connectivity index (χ0) is 19.8. The van der Waals surface area contributed by atoms with Crippen molar-refractivity contribution in [2.75, 3.05) is 5.32 Å². The van der Waals surface area contributed by atoms with Gasteiger partial charge in [-0.25, -0.2) is 0 Å². The van der Waals surface area contributed by atoms with Gasteiger partial charge in [-0.05, 0) is 26.0 Å². The Labute approximate surface area is 164 Å². The Balaban J connectivity index is 1.63. The van der Waals surface area contributed by atoms with E-state index in [4.69, 9.17) is 20.5 Å². The lowest BCUT2D eigenvalue weighted by Crippen LogP contribution is -2.13. The second-order valence-electron chi connectivity index (χ2n) is 6.10. The number of hydrogen-bond acceptors (Lipinski definition) is 7. The molecule has 3 heterocycles. The average Bonchev–Trinajstić information content (AvgIpc) is 3.34. The summed E-state index contributed by atoms with van der Waals surface area (Å²) in [6.45, 7) is 3.49. The molecule has 10 heteroatoms. The number of carbonyl (C=O) groups is 1. The number of benzene rings is 1. The zero-order valence-electron chi connectivity index (χ0n) is 15.2. The van der Waals surface area contributed by atoms with Crippen molar-refractivity contribution in [3.05, 3.63) is 52.4 Å². The van der Waals surface area contributed by atoms with E-state index in [0.717, 1.165) is 5.69 Å². The van der Waals surface area contributed by atoms with E-state index < -0.39 is 5.91 Å². The van der Waals surface area contributed by atoms with Crippen LogP contribution in [-0.4, -0.2) is 31.0 Å². The van der Waals surface area contributed by atoms with Crippen LogP contribution >= 0.6 is 11.6 Å². The number of nitrogens with one attached hydrogen (secondary N) is 1. The Hall–Kier alpha value is -3.46.